The second-order valence-corrected chi connectivity index (χ2v) is 8.92. The van der Waals surface area contributed by atoms with Crippen LogP contribution in [-0.2, 0) is 0 Å². The number of hydrogen-bond acceptors (Lipinski definition) is 7. The third-order valence-electron chi connectivity index (χ3n) is 5.45. The van der Waals surface area contributed by atoms with Gasteiger partial charge in [0.05, 0.1) is 5.69 Å². The number of nitrogens with one attached hydrogen (secondary N) is 1. The van der Waals surface area contributed by atoms with Crippen molar-refractivity contribution in [2.24, 2.45) is 0 Å². The normalized spacial score (nSPS) is 16.7. The lowest BCUT2D eigenvalue weighted by atomic mass is 10.1. The molecule has 0 aliphatic carbocycles. The molecule has 0 radical (unpaired) electrons. The monoisotopic (exact) mass is 455 g/mol. The van der Waals surface area contributed by atoms with Crippen LogP contribution in [0.2, 0.25) is 0 Å². The van der Waals surface area contributed by atoms with Gasteiger partial charge in [-0.1, -0.05) is 6.07 Å². The first kappa shape index (κ1) is 22.8. The summed E-state index contributed by atoms with van der Waals surface area (Å²) in [7, 11) is 0. The fourth-order valence-corrected chi connectivity index (χ4v) is 3.74. The van der Waals surface area contributed by atoms with E-state index in [0.717, 1.165) is 36.3 Å². The zero-order valence-electron chi connectivity index (χ0n) is 18.8. The molecule has 2 aromatic heterocycles. The molecular formula is C24H27F2N5O2. The van der Waals surface area contributed by atoms with Crippen molar-refractivity contribution in [3.05, 3.63) is 55.1 Å². The first-order valence-electron chi connectivity index (χ1n) is 10.8. The van der Waals surface area contributed by atoms with Crippen molar-refractivity contribution in [3.63, 3.8) is 0 Å². The lowest BCUT2D eigenvalue weighted by Gasteiger charge is -2.31. The number of nitrogens with zero attached hydrogens (tertiary/aromatic N) is 4. The Morgan fingerprint density at radius 2 is 1.79 bits per heavy atom. The predicted molar refractivity (Wildman–Crippen MR) is 122 cm³/mol. The fraction of sp³-hybridized carbons (Fsp3) is 0.375. The minimum atomic E-state index is -2.90. The zero-order valence-corrected chi connectivity index (χ0v) is 18.8. The highest BCUT2D eigenvalue weighted by atomic mass is 19.3. The summed E-state index contributed by atoms with van der Waals surface area (Å²) in [5, 5.41) is 3.58. The van der Waals surface area contributed by atoms with Gasteiger partial charge in [-0.25, -0.2) is 9.97 Å². The molecular weight excluding hydrogens is 428 g/mol. The van der Waals surface area contributed by atoms with Gasteiger partial charge in [-0.2, -0.15) is 8.78 Å². The van der Waals surface area contributed by atoms with E-state index in [1.54, 1.807) is 30.7 Å². The number of aromatic nitrogens is 3. The van der Waals surface area contributed by atoms with Gasteiger partial charge in [-0.15, -0.1) is 0 Å². The second kappa shape index (κ2) is 9.66. The summed E-state index contributed by atoms with van der Waals surface area (Å²) >= 11 is 0. The van der Waals surface area contributed by atoms with Gasteiger partial charge in [-0.05, 0) is 45.4 Å². The highest BCUT2D eigenvalue weighted by Crippen LogP contribution is 2.27. The van der Waals surface area contributed by atoms with E-state index < -0.39 is 6.61 Å². The van der Waals surface area contributed by atoms with Crippen LogP contribution in [0.4, 0.5) is 14.5 Å². The van der Waals surface area contributed by atoms with E-state index in [4.69, 9.17) is 4.74 Å². The topological polar surface area (TPSA) is 72.4 Å². The van der Waals surface area contributed by atoms with Crippen LogP contribution in [0, 0.1) is 0 Å². The van der Waals surface area contributed by atoms with E-state index in [-0.39, 0.29) is 17.3 Å². The van der Waals surface area contributed by atoms with Gasteiger partial charge in [0.25, 0.3) is 0 Å². The number of alkyl halides is 2. The third-order valence-corrected chi connectivity index (χ3v) is 5.45. The van der Waals surface area contributed by atoms with Crippen LogP contribution >= 0.6 is 0 Å². The van der Waals surface area contributed by atoms with Gasteiger partial charge in [-0.3, -0.25) is 9.88 Å². The molecule has 0 saturated carbocycles. The van der Waals surface area contributed by atoms with E-state index >= 15 is 0 Å². The molecule has 1 atom stereocenters. The quantitative estimate of drug-likeness (QED) is 0.524. The average Bonchev–Trinajstić information content (AvgIpc) is 3.23. The van der Waals surface area contributed by atoms with Gasteiger partial charge in [0.15, 0.2) is 0 Å². The molecule has 4 rings (SSSR count). The van der Waals surface area contributed by atoms with Crippen molar-refractivity contribution < 1.29 is 18.3 Å². The van der Waals surface area contributed by atoms with Crippen molar-refractivity contribution in [1.82, 2.24) is 19.9 Å². The summed E-state index contributed by atoms with van der Waals surface area (Å²) in [6, 6.07) is 8.43. The number of pyridine rings is 1. The molecule has 9 heteroatoms. The molecule has 1 aliphatic heterocycles. The van der Waals surface area contributed by atoms with E-state index in [0.29, 0.717) is 11.8 Å². The average molecular weight is 456 g/mol. The Kier molecular flexibility index (Phi) is 6.69. The Hall–Kier alpha value is -3.33. The lowest BCUT2D eigenvalue weighted by molar-refractivity contribution is -0.0499. The second-order valence-electron chi connectivity index (χ2n) is 8.92. The Morgan fingerprint density at radius 3 is 2.48 bits per heavy atom. The maximum absolute atomic E-state index is 12.4. The lowest BCUT2D eigenvalue weighted by Crippen LogP contribution is -2.40. The maximum atomic E-state index is 12.4. The SMILES string of the molecule is CC(C)(C)N1CC[C@H](Nc2cncc(-c3cnc(Oc4cccc(OC(F)F)c4)nc3)c2)C1. The Labute approximate surface area is 191 Å². The Bertz CT molecular complexity index is 1070. The number of benzene rings is 1. The number of likely N-dealkylation sites (tertiary alicyclic amines) is 1. The van der Waals surface area contributed by atoms with Gasteiger partial charge >= 0.3 is 12.6 Å². The molecule has 0 spiro atoms. The fourth-order valence-electron chi connectivity index (χ4n) is 3.74. The molecule has 1 aromatic carbocycles. The molecule has 1 fully saturated rings. The number of rotatable bonds is 7. The summed E-state index contributed by atoms with van der Waals surface area (Å²) in [6.45, 7) is 5.87. The molecule has 33 heavy (non-hydrogen) atoms. The van der Waals surface area contributed by atoms with Crippen molar-refractivity contribution in [3.8, 4) is 28.6 Å². The van der Waals surface area contributed by atoms with Crippen LogP contribution in [0.25, 0.3) is 11.1 Å². The summed E-state index contributed by atoms with van der Waals surface area (Å²) in [5.41, 5.74) is 2.78. The summed E-state index contributed by atoms with van der Waals surface area (Å²) in [4.78, 5) is 15.3. The molecule has 0 unspecified atom stereocenters. The van der Waals surface area contributed by atoms with Crippen LogP contribution in [0.3, 0.4) is 0 Å². The van der Waals surface area contributed by atoms with Crippen molar-refractivity contribution >= 4 is 5.69 Å². The van der Waals surface area contributed by atoms with Crippen molar-refractivity contribution in [2.45, 2.75) is 45.4 Å². The van der Waals surface area contributed by atoms with Gasteiger partial charge in [0.1, 0.15) is 11.5 Å². The van der Waals surface area contributed by atoms with Gasteiger partial charge in [0.2, 0.25) is 0 Å². The van der Waals surface area contributed by atoms with Crippen LogP contribution < -0.4 is 14.8 Å². The minimum Gasteiger partial charge on any atom is -0.435 e. The van der Waals surface area contributed by atoms with Crippen molar-refractivity contribution in [1.29, 1.82) is 0 Å². The molecule has 3 heterocycles. The Balaban J connectivity index is 1.40. The third kappa shape index (κ3) is 6.13. The van der Waals surface area contributed by atoms with E-state index in [9.17, 15) is 8.78 Å². The summed E-state index contributed by atoms with van der Waals surface area (Å²) in [5.74, 6) is 0.303. The smallest absolute Gasteiger partial charge is 0.387 e. The molecule has 174 valence electrons. The van der Waals surface area contributed by atoms with Crippen LogP contribution in [0.15, 0.2) is 55.1 Å². The van der Waals surface area contributed by atoms with E-state index in [2.05, 4.69) is 50.7 Å². The number of anilines is 1. The summed E-state index contributed by atoms with van der Waals surface area (Å²) < 4.78 is 34.7. The maximum Gasteiger partial charge on any atom is 0.387 e. The minimum absolute atomic E-state index is 0.00222. The van der Waals surface area contributed by atoms with Crippen molar-refractivity contribution in [2.75, 3.05) is 18.4 Å². The molecule has 0 bridgehead atoms. The molecule has 0 amide bonds. The number of ether oxygens (including phenoxy) is 2. The largest absolute Gasteiger partial charge is 0.435 e. The van der Waals surface area contributed by atoms with Crippen LogP contribution in [0.5, 0.6) is 17.5 Å². The highest BCUT2D eigenvalue weighted by Gasteiger charge is 2.30. The van der Waals surface area contributed by atoms with Crippen LogP contribution in [-0.4, -0.2) is 51.1 Å². The molecule has 1 aliphatic rings. The van der Waals surface area contributed by atoms with Crippen LogP contribution in [0.1, 0.15) is 27.2 Å². The standard InChI is InChI=1S/C24H27F2N5O2/c1-24(2,3)31-8-7-18(15-31)30-19-9-16(11-27-14-19)17-12-28-23(29-13-17)33-21-6-4-5-20(10-21)32-22(25)26/h4-6,9-14,18,22,30H,7-8,15H2,1-3H3/t18-/m0/s1. The van der Waals surface area contributed by atoms with Gasteiger partial charge in [0, 0.05) is 66.7 Å². The Morgan fingerprint density at radius 1 is 1.03 bits per heavy atom. The zero-order chi connectivity index (χ0) is 23.4. The predicted octanol–water partition coefficient (Wildman–Crippen LogP) is 5.22. The van der Waals surface area contributed by atoms with Gasteiger partial charge < -0.3 is 14.8 Å². The molecule has 1 saturated heterocycles. The van der Waals surface area contributed by atoms with E-state index in [1.165, 1.54) is 12.1 Å². The molecule has 1 N–H and O–H groups in total. The first-order chi connectivity index (χ1) is 15.8. The molecule has 7 nitrogen and oxygen atoms in total. The molecule has 3 aromatic rings. The summed E-state index contributed by atoms with van der Waals surface area (Å²) in [6.07, 6.45) is 7.93. The highest BCUT2D eigenvalue weighted by molar-refractivity contribution is 5.65. The first-order valence-corrected chi connectivity index (χ1v) is 10.8. The number of hydrogen-bond donors (Lipinski definition) is 1. The number of halogens is 2. The van der Waals surface area contributed by atoms with E-state index in [1.807, 2.05) is 12.3 Å².